The van der Waals surface area contributed by atoms with Gasteiger partial charge in [-0.1, -0.05) is 222 Å². The molecule has 0 aromatic rings. The van der Waals surface area contributed by atoms with Crippen LogP contribution >= 0.6 is 7.82 Å². The van der Waals surface area contributed by atoms with Gasteiger partial charge in [0.25, 0.3) is 0 Å². The van der Waals surface area contributed by atoms with Crippen molar-refractivity contribution in [1.82, 2.24) is 5.32 Å². The van der Waals surface area contributed by atoms with Crippen molar-refractivity contribution in [2.45, 2.75) is 264 Å². The van der Waals surface area contributed by atoms with Gasteiger partial charge in [-0.3, -0.25) is 18.6 Å². The van der Waals surface area contributed by atoms with Gasteiger partial charge in [-0.25, -0.2) is 4.57 Å². The second kappa shape index (κ2) is 53.1. The molecule has 0 saturated heterocycles. The predicted molar refractivity (Wildman–Crippen MR) is 284 cm³/mol. The standard InChI is InChI=1S/C57H104NO8P/c1-3-5-7-9-11-13-15-17-19-21-23-25-27-29-31-33-35-37-39-41-43-45-47-49-56(60)58-51-52-65-67(62,63)66-54-55(59)53-64-57(61)50-48-46-44-42-40-38-36-34-32-30-28-26-24-22-20-18-16-14-12-10-8-6-4-2/h11-14,17-20,23,25,55,59H,3-10,15-16,21-22,24,26-54H2,1-2H3,(H,58,60)(H,62,63)/b13-11-,14-12-,19-17-,20-18-,25-23-. The van der Waals surface area contributed by atoms with Crippen molar-refractivity contribution < 1.29 is 37.9 Å². The van der Waals surface area contributed by atoms with Gasteiger partial charge in [0.1, 0.15) is 12.7 Å². The molecule has 0 aromatic carbocycles. The number of esters is 1. The summed E-state index contributed by atoms with van der Waals surface area (Å²) in [6.45, 7) is 3.53. The minimum absolute atomic E-state index is 0.0783. The molecule has 0 radical (unpaired) electrons. The summed E-state index contributed by atoms with van der Waals surface area (Å²) in [5.74, 6) is -0.516. The smallest absolute Gasteiger partial charge is 0.463 e. The lowest BCUT2D eigenvalue weighted by atomic mass is 10.0. The molecule has 10 heteroatoms. The zero-order valence-electron chi connectivity index (χ0n) is 43.3. The van der Waals surface area contributed by atoms with Crippen molar-refractivity contribution >= 4 is 19.7 Å². The van der Waals surface area contributed by atoms with Crippen LogP contribution in [-0.2, 0) is 27.9 Å². The Morgan fingerprint density at radius 1 is 0.463 bits per heavy atom. The fourth-order valence-electron chi connectivity index (χ4n) is 7.71. The Morgan fingerprint density at radius 3 is 1.21 bits per heavy atom. The average molecular weight is 962 g/mol. The van der Waals surface area contributed by atoms with Gasteiger partial charge in [0, 0.05) is 19.4 Å². The van der Waals surface area contributed by atoms with Crippen molar-refractivity contribution in [3.05, 3.63) is 60.8 Å². The van der Waals surface area contributed by atoms with Crippen molar-refractivity contribution in [2.24, 2.45) is 0 Å². The first-order chi connectivity index (χ1) is 32.8. The number of aliphatic hydroxyl groups excluding tert-OH is 1. The fraction of sp³-hybridized carbons (Fsp3) is 0.789. The normalized spacial score (nSPS) is 13.6. The fourth-order valence-corrected chi connectivity index (χ4v) is 8.47. The summed E-state index contributed by atoms with van der Waals surface area (Å²) in [5.41, 5.74) is 0. The zero-order valence-corrected chi connectivity index (χ0v) is 44.2. The number of hydrogen-bond donors (Lipinski definition) is 3. The average Bonchev–Trinajstić information content (AvgIpc) is 3.32. The van der Waals surface area contributed by atoms with Gasteiger partial charge >= 0.3 is 13.8 Å². The van der Waals surface area contributed by atoms with E-state index in [1.54, 1.807) is 0 Å². The molecule has 2 atom stereocenters. The molecule has 67 heavy (non-hydrogen) atoms. The first-order valence-electron chi connectivity index (χ1n) is 27.8. The Labute approximate surface area is 412 Å². The van der Waals surface area contributed by atoms with Gasteiger partial charge in [-0.15, -0.1) is 0 Å². The molecule has 0 bridgehead atoms. The van der Waals surface area contributed by atoms with Crippen LogP contribution in [0.2, 0.25) is 0 Å². The van der Waals surface area contributed by atoms with Crippen molar-refractivity contribution in [3.63, 3.8) is 0 Å². The summed E-state index contributed by atoms with van der Waals surface area (Å²) >= 11 is 0. The van der Waals surface area contributed by atoms with Crippen LogP contribution in [0, 0.1) is 0 Å². The molecule has 0 spiro atoms. The molecule has 0 rings (SSSR count). The Bertz CT molecular complexity index is 1280. The van der Waals surface area contributed by atoms with Gasteiger partial charge in [-0.05, 0) is 83.5 Å². The maximum atomic E-state index is 12.2. The predicted octanol–water partition coefficient (Wildman–Crippen LogP) is 16.8. The Balaban J connectivity index is 3.54. The maximum absolute atomic E-state index is 12.2. The van der Waals surface area contributed by atoms with Gasteiger partial charge in [0.05, 0.1) is 13.2 Å². The van der Waals surface area contributed by atoms with E-state index in [1.165, 1.54) is 173 Å². The van der Waals surface area contributed by atoms with Crippen molar-refractivity contribution in [3.8, 4) is 0 Å². The SMILES string of the molecule is CCCCC/C=C\C/C=C\C/C=C\CCCCCCCCCCCCC(=O)NCCOP(=O)(O)OCC(O)COC(=O)CCCCCCCCCCCCCCC/C=C\C/C=C\CCCCC. The topological polar surface area (TPSA) is 131 Å². The lowest BCUT2D eigenvalue weighted by Gasteiger charge is -2.15. The summed E-state index contributed by atoms with van der Waals surface area (Å²) < 4.78 is 27.1. The lowest BCUT2D eigenvalue weighted by Crippen LogP contribution is -2.27. The number of carbonyl (C=O) groups excluding carboxylic acids is 2. The molecule has 0 aromatic heterocycles. The van der Waals surface area contributed by atoms with Crippen LogP contribution in [-0.4, -0.2) is 54.3 Å². The number of carbonyl (C=O) groups is 2. The van der Waals surface area contributed by atoms with Crippen LogP contribution in [0.5, 0.6) is 0 Å². The largest absolute Gasteiger partial charge is 0.472 e. The van der Waals surface area contributed by atoms with E-state index in [9.17, 15) is 24.2 Å². The van der Waals surface area contributed by atoms with E-state index >= 15 is 0 Å². The number of unbranched alkanes of at least 4 members (excludes halogenated alkanes) is 29. The van der Waals surface area contributed by atoms with Crippen LogP contribution in [0.4, 0.5) is 0 Å². The quantitative estimate of drug-likeness (QED) is 0.0238. The molecule has 2 unspecified atom stereocenters. The van der Waals surface area contributed by atoms with E-state index in [-0.39, 0.29) is 32.1 Å². The highest BCUT2D eigenvalue weighted by molar-refractivity contribution is 7.47. The van der Waals surface area contributed by atoms with E-state index in [0.717, 1.165) is 57.8 Å². The molecule has 3 N–H and O–H groups in total. The number of nitrogens with one attached hydrogen (secondary N) is 1. The van der Waals surface area contributed by atoms with Gasteiger partial charge < -0.3 is 20.1 Å². The molecule has 0 aliphatic rings. The molecule has 0 aliphatic carbocycles. The molecule has 1 amide bonds. The van der Waals surface area contributed by atoms with Gasteiger partial charge in [-0.2, -0.15) is 0 Å². The number of rotatable bonds is 52. The molecular weight excluding hydrogens is 858 g/mol. The monoisotopic (exact) mass is 962 g/mol. The molecule has 0 saturated carbocycles. The number of phosphoric acid groups is 1. The highest BCUT2D eigenvalue weighted by atomic mass is 31.2. The van der Waals surface area contributed by atoms with E-state index in [1.807, 2.05) is 0 Å². The van der Waals surface area contributed by atoms with Crippen LogP contribution in [0.15, 0.2) is 60.8 Å². The Morgan fingerprint density at radius 2 is 0.806 bits per heavy atom. The van der Waals surface area contributed by atoms with Crippen molar-refractivity contribution in [2.75, 3.05) is 26.4 Å². The molecule has 0 heterocycles. The second-order valence-corrected chi connectivity index (χ2v) is 20.0. The first kappa shape index (κ1) is 64.7. The van der Waals surface area contributed by atoms with Crippen LogP contribution < -0.4 is 5.32 Å². The molecule has 9 nitrogen and oxygen atoms in total. The van der Waals surface area contributed by atoms with Gasteiger partial charge in [0.2, 0.25) is 5.91 Å². The summed E-state index contributed by atoms with van der Waals surface area (Å²) in [5, 5.41) is 12.8. The number of ether oxygens (including phenoxy) is 1. The molecule has 0 fully saturated rings. The third-order valence-electron chi connectivity index (χ3n) is 11.9. The summed E-state index contributed by atoms with van der Waals surface area (Å²) in [7, 11) is -4.43. The highest BCUT2D eigenvalue weighted by Gasteiger charge is 2.23. The molecule has 390 valence electrons. The Hall–Kier alpha value is -2.29. The number of hydrogen-bond acceptors (Lipinski definition) is 7. The molecule has 0 aliphatic heterocycles. The first-order valence-corrected chi connectivity index (χ1v) is 29.3. The molecular formula is C57H104NO8P. The number of phosphoric ester groups is 1. The number of aliphatic hydroxyl groups is 1. The lowest BCUT2D eigenvalue weighted by molar-refractivity contribution is -0.147. The van der Waals surface area contributed by atoms with Crippen LogP contribution in [0.3, 0.4) is 0 Å². The van der Waals surface area contributed by atoms with Crippen molar-refractivity contribution in [1.29, 1.82) is 0 Å². The van der Waals surface area contributed by atoms with E-state index in [2.05, 4.69) is 79.9 Å². The zero-order chi connectivity index (χ0) is 48.8. The minimum Gasteiger partial charge on any atom is -0.463 e. The number of allylic oxidation sites excluding steroid dienone is 10. The second-order valence-electron chi connectivity index (χ2n) is 18.5. The summed E-state index contributed by atoms with van der Waals surface area (Å²) in [4.78, 5) is 34.2. The third kappa shape index (κ3) is 54.5. The number of amides is 1. The summed E-state index contributed by atoms with van der Waals surface area (Å²) in [6, 6.07) is 0. The van der Waals surface area contributed by atoms with Crippen LogP contribution in [0.25, 0.3) is 0 Å². The minimum atomic E-state index is -4.43. The van der Waals surface area contributed by atoms with Gasteiger partial charge in [0.15, 0.2) is 0 Å². The Kier molecular flexibility index (Phi) is 51.3. The van der Waals surface area contributed by atoms with E-state index < -0.39 is 26.5 Å². The van der Waals surface area contributed by atoms with Crippen LogP contribution in [0.1, 0.15) is 258 Å². The van der Waals surface area contributed by atoms with E-state index in [0.29, 0.717) is 6.42 Å². The summed E-state index contributed by atoms with van der Waals surface area (Å²) in [6.07, 6.45) is 65.9. The highest BCUT2D eigenvalue weighted by Crippen LogP contribution is 2.42. The maximum Gasteiger partial charge on any atom is 0.472 e. The third-order valence-corrected chi connectivity index (χ3v) is 12.9. The van der Waals surface area contributed by atoms with E-state index in [4.69, 9.17) is 13.8 Å².